The maximum absolute atomic E-state index is 13.9. The van der Waals surface area contributed by atoms with E-state index in [1.54, 1.807) is 36.6 Å². The fraction of sp³-hybridized carbons (Fsp3) is 0.219. The highest BCUT2D eigenvalue weighted by molar-refractivity contribution is 7.07. The van der Waals surface area contributed by atoms with Crippen LogP contribution < -0.4 is 29.1 Å². The monoisotopic (exact) mass is 636 g/mol. The summed E-state index contributed by atoms with van der Waals surface area (Å²) >= 11 is 14.4. The van der Waals surface area contributed by atoms with Crippen LogP contribution in [0.3, 0.4) is 0 Å². The predicted octanol–water partition coefficient (Wildman–Crippen LogP) is 5.72. The van der Waals surface area contributed by atoms with Gasteiger partial charge in [-0.2, -0.15) is 0 Å². The zero-order chi connectivity index (χ0) is 30.2. The molecule has 0 spiro atoms. The minimum Gasteiger partial charge on any atom is -0.486 e. The number of allylic oxidation sites excluding steroid dienone is 1. The Morgan fingerprint density at radius 3 is 2.51 bits per heavy atom. The van der Waals surface area contributed by atoms with Gasteiger partial charge in [-0.1, -0.05) is 70.4 Å². The van der Waals surface area contributed by atoms with Crippen LogP contribution in [0.5, 0.6) is 17.2 Å². The van der Waals surface area contributed by atoms with Crippen LogP contribution in [0.4, 0.5) is 0 Å². The molecule has 11 heteroatoms. The molecular formula is C32H26Cl2N2O6S. The molecular weight excluding hydrogens is 611 g/mol. The highest BCUT2D eigenvalue weighted by atomic mass is 35.5. The number of carbonyl (C=O) groups excluding carboxylic acids is 1. The molecule has 43 heavy (non-hydrogen) atoms. The highest BCUT2D eigenvalue weighted by Gasteiger charge is 2.33. The molecule has 0 unspecified atom stereocenters. The zero-order valence-electron chi connectivity index (χ0n) is 23.5. The molecule has 220 valence electrons. The Labute approximate surface area is 261 Å². The number of ether oxygens (including phenoxy) is 4. The Morgan fingerprint density at radius 1 is 1.07 bits per heavy atom. The second-order valence-corrected chi connectivity index (χ2v) is 11.8. The first-order valence-electron chi connectivity index (χ1n) is 13.5. The fourth-order valence-corrected chi connectivity index (χ4v) is 6.65. The van der Waals surface area contributed by atoms with Gasteiger partial charge in [-0.15, -0.1) is 0 Å². The second kappa shape index (κ2) is 11.9. The third-order valence-electron chi connectivity index (χ3n) is 7.05. The third-order valence-corrected chi connectivity index (χ3v) is 8.59. The number of hydrogen-bond acceptors (Lipinski definition) is 8. The van der Waals surface area contributed by atoms with E-state index >= 15 is 0 Å². The molecule has 6 rings (SSSR count). The standard InChI is InChI=1S/C32H26Cl2N2O6S/c1-4-39-31(38)27-18(3)35-32-36(28(27)21-8-5-17(2)6-9-21)30(37)26(43-32)14-20-11-22(33)29(23(34)12-20)40-15-19-7-10-24-25(13-19)42-16-41-24/h5-14,28H,4,15-16H2,1-3H3/b26-14+/t28-/m0/s1. The lowest BCUT2D eigenvalue weighted by Gasteiger charge is -2.24. The summed E-state index contributed by atoms with van der Waals surface area (Å²) in [5.41, 5.74) is 3.87. The van der Waals surface area contributed by atoms with Crippen molar-refractivity contribution in [1.29, 1.82) is 0 Å². The van der Waals surface area contributed by atoms with E-state index in [2.05, 4.69) is 4.99 Å². The van der Waals surface area contributed by atoms with Gasteiger partial charge in [0.2, 0.25) is 6.79 Å². The van der Waals surface area contributed by atoms with E-state index in [4.69, 9.17) is 42.1 Å². The molecule has 0 amide bonds. The molecule has 2 aliphatic heterocycles. The fourth-order valence-electron chi connectivity index (χ4n) is 4.99. The number of thiazole rings is 1. The third kappa shape index (κ3) is 5.68. The van der Waals surface area contributed by atoms with E-state index < -0.39 is 12.0 Å². The average molecular weight is 638 g/mol. The number of hydrogen-bond donors (Lipinski definition) is 0. The van der Waals surface area contributed by atoms with Crippen molar-refractivity contribution >= 4 is 46.6 Å². The van der Waals surface area contributed by atoms with Gasteiger partial charge in [0.15, 0.2) is 22.0 Å². The summed E-state index contributed by atoms with van der Waals surface area (Å²) in [6, 6.07) is 16.0. The lowest BCUT2D eigenvalue weighted by Crippen LogP contribution is -2.39. The number of aryl methyl sites for hydroxylation is 1. The number of esters is 1. The van der Waals surface area contributed by atoms with Crippen molar-refractivity contribution in [1.82, 2.24) is 4.57 Å². The SMILES string of the molecule is CCOC(=O)C1=C(C)N=c2s/c(=C/c3cc(Cl)c(OCc4ccc5c(c4)OCO5)c(Cl)c3)c(=O)n2[C@H]1c1ccc(C)cc1. The normalized spacial score (nSPS) is 15.7. The van der Waals surface area contributed by atoms with Gasteiger partial charge in [0.05, 0.1) is 38.5 Å². The lowest BCUT2D eigenvalue weighted by atomic mass is 9.95. The van der Waals surface area contributed by atoms with E-state index in [0.717, 1.165) is 16.7 Å². The van der Waals surface area contributed by atoms with Crippen molar-refractivity contribution in [2.75, 3.05) is 13.4 Å². The molecule has 3 aromatic carbocycles. The first kappa shape index (κ1) is 29.0. The number of aromatic nitrogens is 1. The summed E-state index contributed by atoms with van der Waals surface area (Å²) in [5, 5.41) is 0.593. The van der Waals surface area contributed by atoms with Crippen molar-refractivity contribution in [2.24, 2.45) is 4.99 Å². The first-order valence-corrected chi connectivity index (χ1v) is 15.1. The number of rotatable bonds is 7. The molecule has 0 radical (unpaired) electrons. The maximum Gasteiger partial charge on any atom is 0.338 e. The topological polar surface area (TPSA) is 88.4 Å². The molecule has 0 aliphatic carbocycles. The van der Waals surface area contributed by atoms with E-state index in [1.165, 1.54) is 11.3 Å². The molecule has 1 atom stereocenters. The van der Waals surface area contributed by atoms with Crippen molar-refractivity contribution in [3.8, 4) is 17.2 Å². The minimum atomic E-state index is -0.683. The van der Waals surface area contributed by atoms with E-state index in [-0.39, 0.29) is 25.6 Å². The van der Waals surface area contributed by atoms with Gasteiger partial charge in [0, 0.05) is 0 Å². The van der Waals surface area contributed by atoms with Gasteiger partial charge in [-0.3, -0.25) is 9.36 Å². The minimum absolute atomic E-state index is 0.190. The van der Waals surface area contributed by atoms with Crippen LogP contribution in [0.15, 0.2) is 75.7 Å². The molecule has 3 heterocycles. The largest absolute Gasteiger partial charge is 0.486 e. The molecule has 0 saturated carbocycles. The molecule has 0 saturated heterocycles. The van der Waals surface area contributed by atoms with Crippen molar-refractivity contribution in [3.05, 3.63) is 118 Å². The predicted molar refractivity (Wildman–Crippen MR) is 165 cm³/mol. The summed E-state index contributed by atoms with van der Waals surface area (Å²) < 4.78 is 24.0. The average Bonchev–Trinajstić information content (AvgIpc) is 3.56. The summed E-state index contributed by atoms with van der Waals surface area (Å²) in [6.07, 6.45) is 1.71. The van der Waals surface area contributed by atoms with Gasteiger partial charge >= 0.3 is 5.97 Å². The highest BCUT2D eigenvalue weighted by Crippen LogP contribution is 2.37. The molecule has 4 aromatic rings. The Morgan fingerprint density at radius 2 is 1.79 bits per heavy atom. The Hall–Kier alpha value is -4.05. The molecule has 8 nitrogen and oxygen atoms in total. The van der Waals surface area contributed by atoms with Crippen molar-refractivity contribution in [2.45, 2.75) is 33.4 Å². The number of carbonyl (C=O) groups is 1. The molecule has 1 aromatic heterocycles. The molecule has 0 bridgehead atoms. The summed E-state index contributed by atoms with van der Waals surface area (Å²) in [7, 11) is 0. The van der Waals surface area contributed by atoms with E-state index in [9.17, 15) is 9.59 Å². The van der Waals surface area contributed by atoms with Gasteiger partial charge in [0.25, 0.3) is 5.56 Å². The maximum atomic E-state index is 13.9. The van der Waals surface area contributed by atoms with E-state index in [0.29, 0.717) is 53.5 Å². The van der Waals surface area contributed by atoms with Crippen LogP contribution in [0.25, 0.3) is 6.08 Å². The summed E-state index contributed by atoms with van der Waals surface area (Å²) in [6.45, 7) is 6.09. The number of halogens is 2. The summed E-state index contributed by atoms with van der Waals surface area (Å²) in [5.74, 6) is 1.17. The van der Waals surface area contributed by atoms with Gasteiger partial charge < -0.3 is 18.9 Å². The quantitative estimate of drug-likeness (QED) is 0.241. The van der Waals surface area contributed by atoms with Gasteiger partial charge in [-0.05, 0) is 67.8 Å². The Kier molecular flexibility index (Phi) is 8.05. The van der Waals surface area contributed by atoms with Gasteiger partial charge in [0.1, 0.15) is 6.61 Å². The smallest absolute Gasteiger partial charge is 0.338 e. The first-order chi connectivity index (χ1) is 20.7. The molecule has 2 aliphatic rings. The number of nitrogens with zero attached hydrogens (tertiary/aromatic N) is 2. The molecule has 0 fully saturated rings. The van der Waals surface area contributed by atoms with Gasteiger partial charge in [-0.25, -0.2) is 9.79 Å². The Balaban J connectivity index is 1.35. The van der Waals surface area contributed by atoms with Crippen LogP contribution in [-0.2, 0) is 16.1 Å². The zero-order valence-corrected chi connectivity index (χ0v) is 25.8. The van der Waals surface area contributed by atoms with Crippen LogP contribution in [-0.4, -0.2) is 23.9 Å². The van der Waals surface area contributed by atoms with Crippen LogP contribution >= 0.6 is 34.5 Å². The van der Waals surface area contributed by atoms with Crippen LogP contribution in [0.2, 0.25) is 10.0 Å². The molecule has 0 N–H and O–H groups in total. The van der Waals surface area contributed by atoms with Crippen molar-refractivity contribution < 1.29 is 23.7 Å². The van der Waals surface area contributed by atoms with Crippen LogP contribution in [0, 0.1) is 6.92 Å². The van der Waals surface area contributed by atoms with Crippen LogP contribution in [0.1, 0.15) is 42.1 Å². The second-order valence-electron chi connectivity index (χ2n) is 10.0. The number of benzene rings is 3. The van der Waals surface area contributed by atoms with E-state index in [1.807, 2.05) is 49.4 Å². The summed E-state index contributed by atoms with van der Waals surface area (Å²) in [4.78, 5) is 32.0. The lowest BCUT2D eigenvalue weighted by molar-refractivity contribution is -0.139. The van der Waals surface area contributed by atoms with Crippen molar-refractivity contribution in [3.63, 3.8) is 0 Å². The number of fused-ring (bicyclic) bond motifs is 2. The Bertz CT molecular complexity index is 1940.